The second-order valence-electron chi connectivity index (χ2n) is 5.00. The minimum atomic E-state index is -0.246. The molecule has 1 fully saturated rings. The molecular formula is C13H18FN5. The van der Waals surface area contributed by atoms with Crippen LogP contribution in [-0.4, -0.2) is 47.4 Å². The van der Waals surface area contributed by atoms with Gasteiger partial charge in [0.1, 0.15) is 5.82 Å². The van der Waals surface area contributed by atoms with Crippen LogP contribution >= 0.6 is 0 Å². The van der Waals surface area contributed by atoms with Crippen LogP contribution in [0.1, 0.15) is 6.92 Å². The molecule has 0 aliphatic carbocycles. The van der Waals surface area contributed by atoms with Gasteiger partial charge in [-0.3, -0.25) is 10.00 Å². The first-order valence-corrected chi connectivity index (χ1v) is 6.53. The highest BCUT2D eigenvalue weighted by Gasteiger charge is 2.22. The van der Waals surface area contributed by atoms with Crippen molar-refractivity contribution in [3.05, 3.63) is 24.0 Å². The van der Waals surface area contributed by atoms with Gasteiger partial charge in [0, 0.05) is 31.6 Å². The number of H-pyrrole nitrogens is 1. The lowest BCUT2D eigenvalue weighted by Crippen LogP contribution is -2.52. The normalized spacial score (nSPS) is 19.0. The summed E-state index contributed by atoms with van der Waals surface area (Å²) in [7, 11) is 0. The number of piperazine rings is 1. The minimum absolute atomic E-state index is 0.0900. The van der Waals surface area contributed by atoms with Crippen LogP contribution < -0.4 is 10.6 Å². The van der Waals surface area contributed by atoms with Gasteiger partial charge in [-0.25, -0.2) is 4.39 Å². The quantitative estimate of drug-likeness (QED) is 0.852. The van der Waals surface area contributed by atoms with Crippen molar-refractivity contribution in [1.29, 1.82) is 0 Å². The SMILES string of the molecule is CC(N)N1CCN(c2n[nH]c3cc(F)ccc23)CC1. The summed E-state index contributed by atoms with van der Waals surface area (Å²) in [6.07, 6.45) is 0.0900. The highest BCUT2D eigenvalue weighted by atomic mass is 19.1. The summed E-state index contributed by atoms with van der Waals surface area (Å²) in [5.41, 5.74) is 6.62. The number of nitrogens with one attached hydrogen (secondary N) is 1. The molecule has 1 atom stereocenters. The Kier molecular flexibility index (Phi) is 3.12. The maximum absolute atomic E-state index is 13.1. The molecule has 6 heteroatoms. The molecule has 1 saturated heterocycles. The molecule has 2 aromatic rings. The summed E-state index contributed by atoms with van der Waals surface area (Å²) in [4.78, 5) is 4.46. The number of nitrogens with two attached hydrogens (primary N) is 1. The Balaban J connectivity index is 1.82. The number of rotatable bonds is 2. The molecule has 0 radical (unpaired) electrons. The summed E-state index contributed by atoms with van der Waals surface area (Å²) in [6.45, 7) is 5.63. The van der Waals surface area contributed by atoms with Crippen LogP contribution in [0.2, 0.25) is 0 Å². The van der Waals surface area contributed by atoms with E-state index in [0.29, 0.717) is 0 Å². The van der Waals surface area contributed by atoms with Crippen molar-refractivity contribution in [3.63, 3.8) is 0 Å². The van der Waals surface area contributed by atoms with E-state index in [9.17, 15) is 4.39 Å². The summed E-state index contributed by atoms with van der Waals surface area (Å²) in [6, 6.07) is 4.73. The van der Waals surface area contributed by atoms with Gasteiger partial charge in [-0.1, -0.05) is 0 Å². The van der Waals surface area contributed by atoms with E-state index in [1.54, 1.807) is 6.07 Å². The van der Waals surface area contributed by atoms with Gasteiger partial charge in [0.05, 0.1) is 11.7 Å². The van der Waals surface area contributed by atoms with Crippen molar-refractivity contribution >= 4 is 16.7 Å². The van der Waals surface area contributed by atoms with E-state index >= 15 is 0 Å². The largest absolute Gasteiger partial charge is 0.352 e. The Morgan fingerprint density at radius 3 is 2.74 bits per heavy atom. The number of hydrogen-bond acceptors (Lipinski definition) is 4. The zero-order valence-electron chi connectivity index (χ0n) is 10.9. The molecule has 1 aliphatic rings. The van der Waals surface area contributed by atoms with E-state index in [0.717, 1.165) is 42.9 Å². The summed E-state index contributed by atoms with van der Waals surface area (Å²) in [5.74, 6) is 0.656. The lowest BCUT2D eigenvalue weighted by Gasteiger charge is -2.36. The molecule has 19 heavy (non-hydrogen) atoms. The summed E-state index contributed by atoms with van der Waals surface area (Å²) in [5, 5.41) is 8.17. The molecule has 1 aromatic heterocycles. The molecule has 102 valence electrons. The molecule has 1 unspecified atom stereocenters. The van der Waals surface area contributed by atoms with Crippen molar-refractivity contribution in [2.45, 2.75) is 13.1 Å². The first-order valence-electron chi connectivity index (χ1n) is 6.53. The highest BCUT2D eigenvalue weighted by molar-refractivity contribution is 5.90. The Morgan fingerprint density at radius 2 is 2.05 bits per heavy atom. The van der Waals surface area contributed by atoms with Gasteiger partial charge in [-0.15, -0.1) is 0 Å². The topological polar surface area (TPSA) is 61.2 Å². The van der Waals surface area contributed by atoms with Crippen molar-refractivity contribution in [3.8, 4) is 0 Å². The third-order valence-corrected chi connectivity index (χ3v) is 3.69. The first kappa shape index (κ1) is 12.4. The average molecular weight is 263 g/mol. The van der Waals surface area contributed by atoms with E-state index in [1.807, 2.05) is 6.92 Å². The molecule has 2 heterocycles. The smallest absolute Gasteiger partial charge is 0.158 e. The zero-order valence-corrected chi connectivity index (χ0v) is 10.9. The molecule has 3 rings (SSSR count). The monoisotopic (exact) mass is 263 g/mol. The fourth-order valence-corrected chi connectivity index (χ4v) is 2.56. The van der Waals surface area contributed by atoms with Crippen LogP contribution in [0.3, 0.4) is 0 Å². The lowest BCUT2D eigenvalue weighted by atomic mass is 10.2. The maximum Gasteiger partial charge on any atom is 0.158 e. The van der Waals surface area contributed by atoms with Crippen molar-refractivity contribution < 1.29 is 4.39 Å². The number of fused-ring (bicyclic) bond motifs is 1. The number of hydrogen-bond donors (Lipinski definition) is 2. The van der Waals surface area contributed by atoms with E-state index in [4.69, 9.17) is 5.73 Å². The van der Waals surface area contributed by atoms with Crippen LogP contribution in [0.25, 0.3) is 10.9 Å². The Hall–Kier alpha value is -1.66. The molecule has 0 bridgehead atoms. The zero-order chi connectivity index (χ0) is 13.4. The van der Waals surface area contributed by atoms with Gasteiger partial charge in [0.15, 0.2) is 5.82 Å². The van der Waals surface area contributed by atoms with Crippen molar-refractivity contribution in [1.82, 2.24) is 15.1 Å². The second-order valence-corrected chi connectivity index (χ2v) is 5.00. The van der Waals surface area contributed by atoms with Crippen molar-refractivity contribution in [2.24, 2.45) is 5.73 Å². The molecule has 5 nitrogen and oxygen atoms in total. The lowest BCUT2D eigenvalue weighted by molar-refractivity contribution is 0.201. The van der Waals surface area contributed by atoms with E-state index < -0.39 is 0 Å². The third-order valence-electron chi connectivity index (χ3n) is 3.69. The average Bonchev–Trinajstić information content (AvgIpc) is 2.81. The number of anilines is 1. The third kappa shape index (κ3) is 2.29. The van der Waals surface area contributed by atoms with Gasteiger partial charge in [0.2, 0.25) is 0 Å². The van der Waals surface area contributed by atoms with Gasteiger partial charge >= 0.3 is 0 Å². The molecule has 3 N–H and O–H groups in total. The summed E-state index contributed by atoms with van der Waals surface area (Å²) < 4.78 is 13.1. The number of aromatic nitrogens is 2. The van der Waals surface area contributed by atoms with Crippen LogP contribution in [0.4, 0.5) is 10.2 Å². The van der Waals surface area contributed by atoms with Crippen molar-refractivity contribution in [2.75, 3.05) is 31.1 Å². The van der Waals surface area contributed by atoms with E-state index in [-0.39, 0.29) is 12.0 Å². The van der Waals surface area contributed by atoms with Crippen LogP contribution in [0, 0.1) is 5.82 Å². The molecule has 0 saturated carbocycles. The van der Waals surface area contributed by atoms with Gasteiger partial charge in [-0.2, -0.15) is 5.10 Å². The fraction of sp³-hybridized carbons (Fsp3) is 0.462. The second kappa shape index (κ2) is 4.79. The first-order chi connectivity index (χ1) is 9.15. The maximum atomic E-state index is 13.1. The molecule has 0 amide bonds. The fourth-order valence-electron chi connectivity index (χ4n) is 2.56. The standard InChI is InChI=1S/C13H18FN5/c1-9(15)18-4-6-19(7-5-18)13-11-3-2-10(14)8-12(11)16-17-13/h2-3,8-9H,4-7,15H2,1H3,(H,16,17). The van der Waals surface area contributed by atoms with E-state index in [2.05, 4.69) is 20.0 Å². The number of benzene rings is 1. The van der Waals surface area contributed by atoms with Gasteiger partial charge in [-0.05, 0) is 25.1 Å². The van der Waals surface area contributed by atoms with Crippen LogP contribution in [0.15, 0.2) is 18.2 Å². The number of nitrogens with zero attached hydrogens (tertiary/aromatic N) is 3. The Morgan fingerprint density at radius 1 is 1.32 bits per heavy atom. The Bertz CT molecular complexity index is 571. The molecular weight excluding hydrogens is 245 g/mol. The van der Waals surface area contributed by atoms with E-state index in [1.165, 1.54) is 12.1 Å². The van der Waals surface area contributed by atoms with Gasteiger partial charge < -0.3 is 10.6 Å². The predicted octanol–water partition coefficient (Wildman–Crippen LogP) is 1.13. The van der Waals surface area contributed by atoms with Crippen LogP contribution in [-0.2, 0) is 0 Å². The number of aromatic amines is 1. The summed E-state index contributed by atoms with van der Waals surface area (Å²) >= 11 is 0. The molecule has 1 aliphatic heterocycles. The van der Waals surface area contributed by atoms with Gasteiger partial charge in [0.25, 0.3) is 0 Å². The Labute approximate surface area is 111 Å². The highest BCUT2D eigenvalue weighted by Crippen LogP contribution is 2.25. The number of halogens is 1. The molecule has 1 aromatic carbocycles. The van der Waals surface area contributed by atoms with Crippen LogP contribution in [0.5, 0.6) is 0 Å². The molecule has 0 spiro atoms. The predicted molar refractivity (Wildman–Crippen MR) is 73.5 cm³/mol. The minimum Gasteiger partial charge on any atom is -0.352 e.